The van der Waals surface area contributed by atoms with Crippen molar-refractivity contribution in [3.63, 3.8) is 0 Å². The lowest BCUT2D eigenvalue weighted by Crippen LogP contribution is -2.16. The molecular formula is C16H15BrO. The van der Waals surface area contributed by atoms with Crippen molar-refractivity contribution in [2.75, 3.05) is 0 Å². The molecule has 18 heavy (non-hydrogen) atoms. The number of carbonyl (C=O) groups excluding carboxylic acids is 1. The van der Waals surface area contributed by atoms with E-state index in [1.165, 1.54) is 0 Å². The van der Waals surface area contributed by atoms with E-state index in [-0.39, 0.29) is 16.5 Å². The molecule has 92 valence electrons. The Morgan fingerprint density at radius 2 is 1.44 bits per heavy atom. The van der Waals surface area contributed by atoms with Crippen molar-refractivity contribution in [2.24, 2.45) is 5.92 Å². The molecule has 0 aliphatic carbocycles. The fourth-order valence-electron chi connectivity index (χ4n) is 1.92. The van der Waals surface area contributed by atoms with Crippen LogP contribution in [0.5, 0.6) is 0 Å². The normalized spacial score (nSPS) is 13.9. The average molecular weight is 303 g/mol. The summed E-state index contributed by atoms with van der Waals surface area (Å²) in [6.45, 7) is 1.96. The predicted octanol–water partition coefficient (Wildman–Crippen LogP) is 4.64. The van der Waals surface area contributed by atoms with Gasteiger partial charge in [0.2, 0.25) is 0 Å². The maximum absolute atomic E-state index is 12.3. The summed E-state index contributed by atoms with van der Waals surface area (Å²) >= 11 is 3.63. The van der Waals surface area contributed by atoms with Crippen LogP contribution in [0.15, 0.2) is 60.7 Å². The number of alkyl halides is 1. The number of halogens is 1. The molecule has 0 aliphatic rings. The van der Waals surface area contributed by atoms with Gasteiger partial charge >= 0.3 is 0 Å². The van der Waals surface area contributed by atoms with Gasteiger partial charge in [0.15, 0.2) is 5.78 Å². The third-order valence-corrected chi connectivity index (χ3v) is 4.35. The first-order valence-electron chi connectivity index (χ1n) is 5.98. The summed E-state index contributed by atoms with van der Waals surface area (Å²) in [5.41, 5.74) is 1.90. The van der Waals surface area contributed by atoms with E-state index in [0.717, 1.165) is 11.1 Å². The number of rotatable bonds is 4. The van der Waals surface area contributed by atoms with Crippen LogP contribution in [0.25, 0.3) is 0 Å². The predicted molar refractivity (Wildman–Crippen MR) is 78.0 cm³/mol. The molecule has 0 aromatic heterocycles. The summed E-state index contributed by atoms with van der Waals surface area (Å²) in [7, 11) is 0. The second kappa shape index (κ2) is 5.96. The number of hydrogen-bond acceptors (Lipinski definition) is 1. The highest BCUT2D eigenvalue weighted by molar-refractivity contribution is 9.09. The Labute approximate surface area is 116 Å². The van der Waals surface area contributed by atoms with Gasteiger partial charge < -0.3 is 0 Å². The Kier molecular flexibility index (Phi) is 4.32. The smallest absolute Gasteiger partial charge is 0.167 e. The molecule has 1 nitrogen and oxygen atoms in total. The lowest BCUT2D eigenvalue weighted by atomic mass is 9.93. The van der Waals surface area contributed by atoms with Gasteiger partial charge in [-0.3, -0.25) is 4.79 Å². The molecule has 0 N–H and O–H groups in total. The zero-order chi connectivity index (χ0) is 13.0. The third kappa shape index (κ3) is 2.88. The molecule has 0 aliphatic heterocycles. The van der Waals surface area contributed by atoms with Gasteiger partial charge in [-0.15, -0.1) is 0 Å². The van der Waals surface area contributed by atoms with Crippen molar-refractivity contribution in [1.29, 1.82) is 0 Å². The Morgan fingerprint density at radius 3 is 2.00 bits per heavy atom. The van der Waals surface area contributed by atoms with E-state index in [4.69, 9.17) is 0 Å². The van der Waals surface area contributed by atoms with E-state index >= 15 is 0 Å². The summed E-state index contributed by atoms with van der Waals surface area (Å²) in [6.07, 6.45) is 0. The molecule has 0 amide bonds. The van der Waals surface area contributed by atoms with E-state index < -0.39 is 0 Å². The summed E-state index contributed by atoms with van der Waals surface area (Å²) in [6, 6.07) is 19.5. The Hall–Kier alpha value is -1.41. The largest absolute Gasteiger partial charge is 0.294 e. The maximum Gasteiger partial charge on any atom is 0.167 e. The van der Waals surface area contributed by atoms with Crippen LogP contribution in [0.4, 0.5) is 0 Å². The van der Waals surface area contributed by atoms with Gasteiger partial charge in [0.25, 0.3) is 0 Å². The number of carbonyl (C=O) groups is 1. The fraction of sp³-hybridized carbons (Fsp3) is 0.188. The van der Waals surface area contributed by atoms with Crippen LogP contribution in [0, 0.1) is 5.92 Å². The molecule has 2 rings (SSSR count). The zero-order valence-electron chi connectivity index (χ0n) is 10.2. The molecule has 0 unspecified atom stereocenters. The molecule has 0 heterocycles. The van der Waals surface area contributed by atoms with Crippen molar-refractivity contribution in [3.8, 4) is 0 Å². The van der Waals surface area contributed by atoms with Gasteiger partial charge in [-0.1, -0.05) is 83.5 Å². The standard InChI is InChI=1S/C16H15BrO/c1-12(15(17)13-8-4-2-5-9-13)16(18)14-10-6-3-7-11-14/h2-12,15H,1H3/t12-,15+/m0/s1. The molecule has 0 spiro atoms. The van der Waals surface area contributed by atoms with Crippen molar-refractivity contribution in [1.82, 2.24) is 0 Å². The number of ketones is 1. The van der Waals surface area contributed by atoms with Crippen LogP contribution in [0.2, 0.25) is 0 Å². The zero-order valence-corrected chi connectivity index (χ0v) is 11.8. The molecule has 0 radical (unpaired) electrons. The van der Waals surface area contributed by atoms with Crippen molar-refractivity contribution in [3.05, 3.63) is 71.8 Å². The highest BCUT2D eigenvalue weighted by Gasteiger charge is 2.23. The summed E-state index contributed by atoms with van der Waals surface area (Å²) < 4.78 is 0. The van der Waals surface area contributed by atoms with E-state index in [2.05, 4.69) is 15.9 Å². The van der Waals surface area contributed by atoms with Crippen LogP contribution in [-0.2, 0) is 0 Å². The SMILES string of the molecule is C[C@H](C(=O)c1ccccc1)[C@@H](Br)c1ccccc1. The van der Waals surface area contributed by atoms with Crippen molar-refractivity contribution in [2.45, 2.75) is 11.8 Å². The van der Waals surface area contributed by atoms with Crippen LogP contribution < -0.4 is 0 Å². The molecule has 0 saturated heterocycles. The number of hydrogen-bond donors (Lipinski definition) is 0. The average Bonchev–Trinajstić information content (AvgIpc) is 2.47. The minimum atomic E-state index is -0.0881. The summed E-state index contributed by atoms with van der Waals surface area (Å²) in [5, 5.41) is 0. The van der Waals surface area contributed by atoms with Gasteiger partial charge in [0, 0.05) is 16.3 Å². The monoisotopic (exact) mass is 302 g/mol. The maximum atomic E-state index is 12.3. The highest BCUT2D eigenvalue weighted by atomic mass is 79.9. The van der Waals surface area contributed by atoms with Crippen LogP contribution >= 0.6 is 15.9 Å². The van der Waals surface area contributed by atoms with Crippen LogP contribution in [-0.4, -0.2) is 5.78 Å². The van der Waals surface area contributed by atoms with Gasteiger partial charge in [-0.2, -0.15) is 0 Å². The molecule has 0 fully saturated rings. The first-order chi connectivity index (χ1) is 8.70. The third-order valence-electron chi connectivity index (χ3n) is 3.03. The number of benzene rings is 2. The Balaban J connectivity index is 2.17. The lowest BCUT2D eigenvalue weighted by Gasteiger charge is -2.17. The summed E-state index contributed by atoms with van der Waals surface area (Å²) in [5.74, 6) is 0.0797. The first-order valence-corrected chi connectivity index (χ1v) is 6.90. The summed E-state index contributed by atoms with van der Waals surface area (Å²) in [4.78, 5) is 12.4. The Morgan fingerprint density at radius 1 is 0.944 bits per heavy atom. The molecule has 2 aromatic rings. The molecule has 0 saturated carbocycles. The lowest BCUT2D eigenvalue weighted by molar-refractivity contribution is 0.0929. The first kappa shape index (κ1) is 13.0. The van der Waals surface area contributed by atoms with Gasteiger partial charge in [0.1, 0.15) is 0 Å². The van der Waals surface area contributed by atoms with Crippen LogP contribution in [0.1, 0.15) is 27.7 Å². The Bertz CT molecular complexity index is 507. The van der Waals surface area contributed by atoms with E-state index in [1.54, 1.807) is 0 Å². The van der Waals surface area contributed by atoms with Crippen LogP contribution in [0.3, 0.4) is 0 Å². The van der Waals surface area contributed by atoms with E-state index in [1.807, 2.05) is 67.6 Å². The van der Waals surface area contributed by atoms with Gasteiger partial charge in [-0.05, 0) is 5.56 Å². The van der Waals surface area contributed by atoms with E-state index in [0.29, 0.717) is 0 Å². The number of Topliss-reactive ketones (excluding diaryl/α,β-unsaturated/α-hetero) is 1. The van der Waals surface area contributed by atoms with Gasteiger partial charge in [-0.25, -0.2) is 0 Å². The fourth-order valence-corrected chi connectivity index (χ4v) is 2.47. The minimum absolute atomic E-state index is 0.0476. The second-order valence-corrected chi connectivity index (χ2v) is 5.32. The van der Waals surface area contributed by atoms with Crippen molar-refractivity contribution < 1.29 is 4.79 Å². The van der Waals surface area contributed by atoms with Crippen molar-refractivity contribution >= 4 is 21.7 Å². The quantitative estimate of drug-likeness (QED) is 0.594. The van der Waals surface area contributed by atoms with Gasteiger partial charge in [0.05, 0.1) is 0 Å². The molecule has 2 aromatic carbocycles. The molecule has 0 bridgehead atoms. The highest BCUT2D eigenvalue weighted by Crippen LogP contribution is 2.32. The molecule has 2 heteroatoms. The van der Waals surface area contributed by atoms with E-state index in [9.17, 15) is 4.79 Å². The minimum Gasteiger partial charge on any atom is -0.294 e. The second-order valence-electron chi connectivity index (χ2n) is 4.33. The topological polar surface area (TPSA) is 17.1 Å². The molecular weight excluding hydrogens is 288 g/mol. The molecule has 2 atom stereocenters.